The molecule has 2 atom stereocenters. The van der Waals surface area contributed by atoms with Crippen LogP contribution in [0.5, 0.6) is 0 Å². The molecule has 0 bridgehead atoms. The minimum Gasteiger partial charge on any atom is -0.388 e. The van der Waals surface area contributed by atoms with Gasteiger partial charge in [0.2, 0.25) is 5.91 Å². The van der Waals surface area contributed by atoms with Crippen molar-refractivity contribution < 1.29 is 14.6 Å². The standard InChI is InChI=1S/C19H28N2O3/c1-20(17-13-24-14-18(17)22)19(23)11-15-7-9-21(10-8-15)12-16-5-3-2-4-6-16/h2-6,15,17-18,22H,7-14H2,1H3. The minimum absolute atomic E-state index is 0.131. The Hall–Kier alpha value is -1.43. The molecular weight excluding hydrogens is 304 g/mol. The van der Waals surface area contributed by atoms with Gasteiger partial charge in [0.1, 0.15) is 0 Å². The number of aliphatic hydroxyl groups excluding tert-OH is 1. The van der Waals surface area contributed by atoms with Crippen molar-refractivity contribution in [1.82, 2.24) is 9.80 Å². The summed E-state index contributed by atoms with van der Waals surface area (Å²) in [6, 6.07) is 10.4. The van der Waals surface area contributed by atoms with Crippen molar-refractivity contribution in [3.05, 3.63) is 35.9 Å². The van der Waals surface area contributed by atoms with Gasteiger partial charge in [0.25, 0.3) is 0 Å². The molecule has 0 radical (unpaired) electrons. The number of carbonyl (C=O) groups excluding carboxylic acids is 1. The van der Waals surface area contributed by atoms with Gasteiger partial charge in [-0.05, 0) is 37.4 Å². The van der Waals surface area contributed by atoms with Crippen molar-refractivity contribution in [2.75, 3.05) is 33.4 Å². The number of rotatable bonds is 5. The Morgan fingerprint density at radius 3 is 2.58 bits per heavy atom. The van der Waals surface area contributed by atoms with Crippen LogP contribution in [0.4, 0.5) is 0 Å². The Labute approximate surface area is 144 Å². The molecule has 2 heterocycles. The number of nitrogens with zero attached hydrogens (tertiary/aromatic N) is 2. The first-order chi connectivity index (χ1) is 11.6. The van der Waals surface area contributed by atoms with E-state index in [0.717, 1.165) is 32.5 Å². The van der Waals surface area contributed by atoms with E-state index in [1.807, 2.05) is 6.07 Å². The van der Waals surface area contributed by atoms with E-state index in [9.17, 15) is 9.90 Å². The van der Waals surface area contributed by atoms with Gasteiger partial charge >= 0.3 is 0 Å². The molecular formula is C19H28N2O3. The predicted molar refractivity (Wildman–Crippen MR) is 92.4 cm³/mol. The molecule has 5 heteroatoms. The van der Waals surface area contributed by atoms with E-state index in [1.165, 1.54) is 5.56 Å². The summed E-state index contributed by atoms with van der Waals surface area (Å²) in [4.78, 5) is 16.6. The summed E-state index contributed by atoms with van der Waals surface area (Å²) < 4.78 is 5.25. The van der Waals surface area contributed by atoms with E-state index < -0.39 is 6.10 Å². The fourth-order valence-corrected chi connectivity index (χ4v) is 3.67. The largest absolute Gasteiger partial charge is 0.388 e. The van der Waals surface area contributed by atoms with E-state index in [2.05, 4.69) is 29.2 Å². The van der Waals surface area contributed by atoms with Gasteiger partial charge < -0.3 is 14.7 Å². The molecule has 5 nitrogen and oxygen atoms in total. The van der Waals surface area contributed by atoms with Gasteiger partial charge in [0.05, 0.1) is 25.4 Å². The van der Waals surface area contributed by atoms with Gasteiger partial charge in [-0.1, -0.05) is 30.3 Å². The smallest absolute Gasteiger partial charge is 0.223 e. The summed E-state index contributed by atoms with van der Waals surface area (Å²) in [5, 5.41) is 9.86. The van der Waals surface area contributed by atoms with E-state index >= 15 is 0 Å². The number of hydrogen-bond donors (Lipinski definition) is 1. The predicted octanol–water partition coefficient (Wildman–Crippen LogP) is 1.51. The molecule has 1 amide bonds. The van der Waals surface area contributed by atoms with Crippen LogP contribution in [0, 0.1) is 5.92 Å². The average molecular weight is 332 g/mol. The fraction of sp³-hybridized carbons (Fsp3) is 0.632. The molecule has 3 rings (SSSR count). The summed E-state index contributed by atoms with van der Waals surface area (Å²) in [5.74, 6) is 0.581. The van der Waals surface area contributed by atoms with E-state index in [4.69, 9.17) is 4.74 Å². The summed E-state index contributed by atoms with van der Waals surface area (Å²) >= 11 is 0. The summed E-state index contributed by atoms with van der Waals surface area (Å²) in [5.41, 5.74) is 1.35. The van der Waals surface area contributed by atoms with Gasteiger partial charge in [0.15, 0.2) is 0 Å². The normalized spacial score (nSPS) is 25.8. The lowest BCUT2D eigenvalue weighted by atomic mass is 9.92. The fourth-order valence-electron chi connectivity index (χ4n) is 3.67. The number of likely N-dealkylation sites (tertiary alicyclic amines) is 1. The zero-order chi connectivity index (χ0) is 16.9. The van der Waals surface area contributed by atoms with Gasteiger partial charge in [-0.3, -0.25) is 9.69 Å². The molecule has 2 unspecified atom stereocenters. The third-order valence-corrected chi connectivity index (χ3v) is 5.33. The number of benzene rings is 1. The first kappa shape index (κ1) is 17.4. The lowest BCUT2D eigenvalue weighted by molar-refractivity contribution is -0.134. The second kappa shape index (κ2) is 8.10. The summed E-state index contributed by atoms with van der Waals surface area (Å²) in [6.45, 7) is 3.86. The Kier molecular flexibility index (Phi) is 5.87. The molecule has 132 valence electrons. The van der Waals surface area contributed by atoms with Gasteiger partial charge in [-0.15, -0.1) is 0 Å². The quantitative estimate of drug-likeness (QED) is 0.888. The molecule has 0 spiro atoms. The highest BCUT2D eigenvalue weighted by molar-refractivity contribution is 5.76. The third-order valence-electron chi connectivity index (χ3n) is 5.33. The third kappa shape index (κ3) is 4.35. The van der Waals surface area contributed by atoms with Crippen molar-refractivity contribution in [3.8, 4) is 0 Å². The molecule has 2 saturated heterocycles. The summed E-state index contributed by atoms with van der Waals surface area (Å²) in [6.07, 6.45) is 2.16. The molecule has 1 aromatic carbocycles. The maximum Gasteiger partial charge on any atom is 0.223 e. The highest BCUT2D eigenvalue weighted by Crippen LogP contribution is 2.23. The monoisotopic (exact) mass is 332 g/mol. The number of likely N-dealkylation sites (N-methyl/N-ethyl adjacent to an activating group) is 1. The lowest BCUT2D eigenvalue weighted by Crippen LogP contribution is -2.45. The second-order valence-corrected chi connectivity index (χ2v) is 7.09. The SMILES string of the molecule is CN(C(=O)CC1CCN(Cc2ccccc2)CC1)C1COCC1O. The Balaban J connectivity index is 1.42. The Bertz CT molecular complexity index is 529. The lowest BCUT2D eigenvalue weighted by Gasteiger charge is -2.33. The number of piperidine rings is 1. The maximum atomic E-state index is 12.5. The molecule has 0 aliphatic carbocycles. The second-order valence-electron chi connectivity index (χ2n) is 7.09. The van der Waals surface area contributed by atoms with Gasteiger partial charge in [0, 0.05) is 20.0 Å². The average Bonchev–Trinajstić information content (AvgIpc) is 3.03. The number of hydrogen-bond acceptors (Lipinski definition) is 4. The van der Waals surface area contributed by atoms with Crippen LogP contribution in [-0.4, -0.2) is 66.3 Å². The first-order valence-electron chi connectivity index (χ1n) is 8.91. The maximum absolute atomic E-state index is 12.5. The molecule has 0 aromatic heterocycles. The molecule has 24 heavy (non-hydrogen) atoms. The van der Waals surface area contributed by atoms with Crippen LogP contribution >= 0.6 is 0 Å². The molecule has 0 saturated carbocycles. The Morgan fingerprint density at radius 2 is 1.96 bits per heavy atom. The molecule has 2 aliphatic rings. The van der Waals surface area contributed by atoms with Crippen LogP contribution in [0.15, 0.2) is 30.3 Å². The molecule has 1 aromatic rings. The van der Waals surface area contributed by atoms with Crippen molar-refractivity contribution in [2.45, 2.75) is 38.0 Å². The highest BCUT2D eigenvalue weighted by Gasteiger charge is 2.33. The minimum atomic E-state index is -0.549. The van der Waals surface area contributed by atoms with Crippen LogP contribution < -0.4 is 0 Å². The number of carbonyl (C=O) groups is 1. The van der Waals surface area contributed by atoms with Crippen LogP contribution in [0.2, 0.25) is 0 Å². The molecule has 2 fully saturated rings. The number of amides is 1. The van der Waals surface area contributed by atoms with Gasteiger partial charge in [-0.25, -0.2) is 0 Å². The highest BCUT2D eigenvalue weighted by atomic mass is 16.5. The zero-order valence-electron chi connectivity index (χ0n) is 14.4. The van der Waals surface area contributed by atoms with Crippen molar-refractivity contribution in [2.24, 2.45) is 5.92 Å². The molecule has 1 N–H and O–H groups in total. The van der Waals surface area contributed by atoms with E-state index in [1.54, 1.807) is 11.9 Å². The molecule has 2 aliphatic heterocycles. The zero-order valence-corrected chi connectivity index (χ0v) is 14.4. The van der Waals surface area contributed by atoms with E-state index in [-0.39, 0.29) is 11.9 Å². The topological polar surface area (TPSA) is 53.0 Å². The van der Waals surface area contributed by atoms with Crippen LogP contribution in [-0.2, 0) is 16.1 Å². The van der Waals surface area contributed by atoms with Crippen LogP contribution in [0.25, 0.3) is 0 Å². The van der Waals surface area contributed by atoms with Crippen molar-refractivity contribution in [1.29, 1.82) is 0 Å². The van der Waals surface area contributed by atoms with Crippen molar-refractivity contribution >= 4 is 5.91 Å². The van der Waals surface area contributed by atoms with Gasteiger partial charge in [-0.2, -0.15) is 0 Å². The van der Waals surface area contributed by atoms with Crippen molar-refractivity contribution in [3.63, 3.8) is 0 Å². The van der Waals surface area contributed by atoms with Crippen LogP contribution in [0.1, 0.15) is 24.8 Å². The van der Waals surface area contributed by atoms with E-state index in [0.29, 0.717) is 25.6 Å². The summed E-state index contributed by atoms with van der Waals surface area (Å²) in [7, 11) is 1.79. The number of ether oxygens (including phenoxy) is 1. The van der Waals surface area contributed by atoms with Crippen LogP contribution in [0.3, 0.4) is 0 Å². The number of aliphatic hydroxyl groups is 1. The Morgan fingerprint density at radius 1 is 1.25 bits per heavy atom. The first-order valence-corrected chi connectivity index (χ1v) is 8.91.